The molecule has 0 saturated carbocycles. The Kier molecular flexibility index (Phi) is 10.8. The second kappa shape index (κ2) is 13.1. The van der Waals surface area contributed by atoms with Gasteiger partial charge in [-0.1, -0.05) is 27.7 Å². The summed E-state index contributed by atoms with van der Waals surface area (Å²) < 4.78 is 37.3. The number of hydroxylamine groups is 4. The Morgan fingerprint density at radius 3 is 1.31 bits per heavy atom. The molecule has 0 aromatic carbocycles. The van der Waals surface area contributed by atoms with E-state index in [4.69, 9.17) is 28.4 Å². The van der Waals surface area contributed by atoms with E-state index in [9.17, 15) is 10.4 Å². The summed E-state index contributed by atoms with van der Waals surface area (Å²) in [5.41, 5.74) is -2.02. The first-order chi connectivity index (χ1) is 19.7. The van der Waals surface area contributed by atoms with E-state index in [1.54, 1.807) is 0 Å². The highest BCUT2D eigenvalue weighted by atomic mass is 16.8. The minimum Gasteiger partial charge on any atom is -0.379 e. The third-order valence-corrected chi connectivity index (χ3v) is 10.5. The Morgan fingerprint density at radius 2 is 0.976 bits per heavy atom. The Labute approximate surface area is 254 Å². The summed E-state index contributed by atoms with van der Waals surface area (Å²) in [5, 5.41) is 28.9. The van der Waals surface area contributed by atoms with Crippen LogP contribution in [-0.2, 0) is 38.8 Å². The van der Waals surface area contributed by atoms with E-state index >= 15 is 0 Å². The van der Waals surface area contributed by atoms with E-state index in [0.29, 0.717) is 65.3 Å². The van der Waals surface area contributed by atoms with Crippen LogP contribution in [0.5, 0.6) is 0 Å². The second-order valence-electron chi connectivity index (χ2n) is 14.6. The van der Waals surface area contributed by atoms with Crippen molar-refractivity contribution >= 4 is 0 Å². The lowest BCUT2D eigenvalue weighted by Gasteiger charge is -2.55. The van der Waals surface area contributed by atoms with Gasteiger partial charge < -0.3 is 28.4 Å². The van der Waals surface area contributed by atoms with Crippen LogP contribution in [0.3, 0.4) is 0 Å². The van der Waals surface area contributed by atoms with Gasteiger partial charge in [-0.15, -0.1) is 20.5 Å². The number of nitrogens with zero attached hydrogens (tertiary/aromatic N) is 2. The van der Waals surface area contributed by atoms with Crippen molar-refractivity contribution in [3.8, 4) is 0 Å². The lowest BCUT2D eigenvalue weighted by molar-refractivity contribution is -0.352. The molecule has 4 unspecified atom stereocenters. The number of piperidine rings is 2. The molecule has 4 atom stereocenters. The van der Waals surface area contributed by atoms with Gasteiger partial charge in [0, 0.05) is 50.0 Å². The fourth-order valence-corrected chi connectivity index (χ4v) is 8.20. The number of hydrogen-bond acceptors (Lipinski definition) is 8. The number of hydrogen-bond donors (Lipinski definition) is 0. The van der Waals surface area contributed by atoms with Crippen LogP contribution in [0.4, 0.5) is 0 Å². The molecule has 244 valence electrons. The number of ether oxygens (including phenoxy) is 6. The Balaban J connectivity index is 1.12. The maximum atomic E-state index is 13.1. The third kappa shape index (κ3) is 6.88. The van der Waals surface area contributed by atoms with Gasteiger partial charge >= 0.3 is 0 Å². The summed E-state index contributed by atoms with van der Waals surface area (Å²) in [7, 11) is 0. The summed E-state index contributed by atoms with van der Waals surface area (Å²) in [6, 6.07) is 0. The van der Waals surface area contributed by atoms with Gasteiger partial charge in [-0.25, -0.2) is 0 Å². The Morgan fingerprint density at radius 1 is 0.619 bits per heavy atom. The first-order valence-electron chi connectivity index (χ1n) is 16.5. The van der Waals surface area contributed by atoms with E-state index in [2.05, 4.69) is 27.7 Å². The molecule has 42 heavy (non-hydrogen) atoms. The molecule has 2 spiro atoms. The summed E-state index contributed by atoms with van der Waals surface area (Å²) in [5.74, 6) is -1.42. The minimum atomic E-state index is -0.709. The molecule has 2 radical (unpaired) electrons. The molecule has 10 nitrogen and oxygen atoms in total. The molecule has 0 amide bonds. The van der Waals surface area contributed by atoms with Crippen LogP contribution < -0.4 is 0 Å². The van der Waals surface area contributed by atoms with Crippen LogP contribution in [0.2, 0.25) is 0 Å². The van der Waals surface area contributed by atoms with Crippen LogP contribution in [-0.4, -0.2) is 95.7 Å². The van der Waals surface area contributed by atoms with E-state index in [0.717, 1.165) is 38.5 Å². The molecule has 4 aliphatic rings. The van der Waals surface area contributed by atoms with Gasteiger partial charge in [0.1, 0.15) is 12.2 Å². The first kappa shape index (κ1) is 34.5. The molecule has 0 aromatic heterocycles. The highest BCUT2D eigenvalue weighted by Crippen LogP contribution is 2.51. The van der Waals surface area contributed by atoms with Crippen molar-refractivity contribution < 1.29 is 38.8 Å². The fraction of sp³-hybridized carbons (Fsp3) is 1.00. The predicted molar refractivity (Wildman–Crippen MR) is 156 cm³/mol. The molecular formula is C32H58N2O8. The maximum absolute atomic E-state index is 13.1. The smallest absolute Gasteiger partial charge is 0.172 e. The quantitative estimate of drug-likeness (QED) is 0.253. The van der Waals surface area contributed by atoms with E-state index in [1.807, 2.05) is 27.7 Å². The van der Waals surface area contributed by atoms with Crippen molar-refractivity contribution in [2.24, 2.45) is 0 Å². The number of rotatable bonds is 13. The zero-order chi connectivity index (χ0) is 30.9. The van der Waals surface area contributed by atoms with Gasteiger partial charge in [0.2, 0.25) is 0 Å². The second-order valence-corrected chi connectivity index (χ2v) is 14.6. The molecular weight excluding hydrogens is 540 g/mol. The molecule has 4 heterocycles. The molecule has 4 rings (SSSR count). The maximum Gasteiger partial charge on any atom is 0.172 e. The van der Waals surface area contributed by atoms with Crippen molar-refractivity contribution in [2.75, 3.05) is 39.6 Å². The first-order valence-corrected chi connectivity index (χ1v) is 16.5. The lowest BCUT2D eigenvalue weighted by Crippen LogP contribution is -2.66. The van der Waals surface area contributed by atoms with Gasteiger partial charge in [0.25, 0.3) is 0 Å². The average molecular weight is 599 g/mol. The summed E-state index contributed by atoms with van der Waals surface area (Å²) in [4.78, 5) is 0. The van der Waals surface area contributed by atoms with Crippen molar-refractivity contribution in [2.45, 2.75) is 166 Å². The predicted octanol–water partition coefficient (Wildman–Crippen LogP) is 5.58. The Hall–Kier alpha value is -0.400. The van der Waals surface area contributed by atoms with Crippen molar-refractivity contribution in [3.05, 3.63) is 0 Å². The van der Waals surface area contributed by atoms with Crippen LogP contribution in [0.1, 0.15) is 120 Å². The molecule has 0 aromatic rings. The standard InChI is InChI=1S/C32H58N2O8/c1-9-29(10-2)23-31(21-27(5,6)33(29)35)39-19-25(41-31)17-37-15-13-14-16-38-18-26-20-40-32(42-26)22-28(7,8)34(36)30(11-3,12-4)24-32/h25-26H,9-24H2,1-8H3. The SMILES string of the molecule is CCC1(CC)CC2(CC(C)(C)N1[O])OCC(COCCCCOCC1COC3(CC(C)(C)N([O])C(CC)(CC)C3)O1)O2. The van der Waals surface area contributed by atoms with E-state index in [1.165, 1.54) is 10.1 Å². The summed E-state index contributed by atoms with van der Waals surface area (Å²) in [6.45, 7) is 19.5. The molecule has 4 aliphatic heterocycles. The summed E-state index contributed by atoms with van der Waals surface area (Å²) in [6.07, 6.45) is 6.92. The van der Waals surface area contributed by atoms with Crippen molar-refractivity contribution in [1.82, 2.24) is 10.1 Å². The van der Waals surface area contributed by atoms with Crippen molar-refractivity contribution in [3.63, 3.8) is 0 Å². The Bertz CT molecular complexity index is 809. The van der Waals surface area contributed by atoms with Gasteiger partial charge in [0.05, 0.1) is 37.5 Å². The van der Waals surface area contributed by atoms with Crippen LogP contribution in [0.15, 0.2) is 0 Å². The van der Waals surface area contributed by atoms with Gasteiger partial charge in [0.15, 0.2) is 11.6 Å². The highest BCUT2D eigenvalue weighted by molar-refractivity contribution is 5.06. The minimum absolute atomic E-state index is 0.119. The van der Waals surface area contributed by atoms with Gasteiger partial charge in [-0.05, 0) is 66.2 Å². The summed E-state index contributed by atoms with van der Waals surface area (Å²) >= 11 is 0. The lowest BCUT2D eigenvalue weighted by atomic mass is 9.73. The van der Waals surface area contributed by atoms with E-state index < -0.39 is 33.7 Å². The fourth-order valence-electron chi connectivity index (χ4n) is 8.20. The third-order valence-electron chi connectivity index (χ3n) is 10.5. The van der Waals surface area contributed by atoms with Crippen molar-refractivity contribution in [1.29, 1.82) is 0 Å². The molecule has 0 bridgehead atoms. The van der Waals surface area contributed by atoms with E-state index in [-0.39, 0.29) is 12.2 Å². The number of unbranched alkanes of at least 4 members (excludes halogenated alkanes) is 1. The highest BCUT2D eigenvalue weighted by Gasteiger charge is 2.61. The zero-order valence-electron chi connectivity index (χ0n) is 27.6. The zero-order valence-corrected chi connectivity index (χ0v) is 27.6. The molecule has 0 N–H and O–H groups in total. The topological polar surface area (TPSA) is 102 Å². The van der Waals surface area contributed by atoms with Crippen LogP contribution in [0, 0.1) is 0 Å². The van der Waals surface area contributed by atoms with Crippen LogP contribution >= 0.6 is 0 Å². The van der Waals surface area contributed by atoms with Gasteiger partial charge in [-0.2, -0.15) is 0 Å². The molecule has 4 fully saturated rings. The average Bonchev–Trinajstić information content (AvgIpc) is 3.52. The largest absolute Gasteiger partial charge is 0.379 e. The monoisotopic (exact) mass is 598 g/mol. The van der Waals surface area contributed by atoms with Gasteiger partial charge in [-0.3, -0.25) is 0 Å². The molecule has 10 heteroatoms. The molecule has 4 saturated heterocycles. The van der Waals surface area contributed by atoms with Crippen LogP contribution in [0.25, 0.3) is 0 Å². The molecule has 0 aliphatic carbocycles. The normalized spacial score (nSPS) is 35.9.